The van der Waals surface area contributed by atoms with Gasteiger partial charge in [0.1, 0.15) is 5.82 Å². The fourth-order valence-corrected chi connectivity index (χ4v) is 10.8. The first-order valence-electron chi connectivity index (χ1n) is 26.8. The smallest absolute Gasteiger partial charge is 0.135 e. The maximum Gasteiger partial charge on any atom is 0.135 e. The monoisotopic (exact) mass is 1180 g/mol. The van der Waals surface area contributed by atoms with Crippen LogP contribution in [0.4, 0.5) is 22.7 Å². The van der Waals surface area contributed by atoms with Crippen LogP contribution in [0.1, 0.15) is 155 Å². The van der Waals surface area contributed by atoms with Gasteiger partial charge in [-0.15, -0.1) is 48.1 Å². The van der Waals surface area contributed by atoms with Crippen LogP contribution in [0.25, 0.3) is 27.6 Å². The molecule has 1 aliphatic rings. The number of aromatic nitrogens is 2. The summed E-state index contributed by atoms with van der Waals surface area (Å²) in [5, 5.41) is 2.25. The average Bonchev–Trinajstić information content (AvgIpc) is 3.91. The van der Waals surface area contributed by atoms with Crippen molar-refractivity contribution < 1.29 is 25.8 Å². The Bertz CT molecular complexity index is 3600. The maximum absolute atomic E-state index is 6.88. The molecule has 3 heterocycles. The summed E-state index contributed by atoms with van der Waals surface area (Å²) in [5.41, 5.74) is 15.6. The number of anilines is 4. The van der Waals surface area contributed by atoms with E-state index >= 15 is 0 Å². The van der Waals surface area contributed by atoms with Crippen molar-refractivity contribution in [2.24, 2.45) is 0 Å². The van der Waals surface area contributed by atoms with E-state index in [1.807, 2.05) is 18.3 Å². The van der Waals surface area contributed by atoms with Crippen LogP contribution in [0.5, 0.6) is 11.5 Å². The first-order valence-corrected chi connectivity index (χ1v) is 26.8. The summed E-state index contributed by atoms with van der Waals surface area (Å²) in [6.07, 6.45) is 1.94. The molecule has 0 radical (unpaired) electrons. The minimum absolute atomic E-state index is 0. The normalized spacial score (nSPS) is 13.6. The summed E-state index contributed by atoms with van der Waals surface area (Å²) in [7, 11) is 0. The molecule has 6 heteroatoms. The molecule has 0 saturated heterocycles. The van der Waals surface area contributed by atoms with Crippen molar-refractivity contribution in [1.82, 2.24) is 9.55 Å². The molecule has 0 saturated carbocycles. The van der Waals surface area contributed by atoms with E-state index in [1.165, 1.54) is 44.5 Å². The molecule has 2 aromatic heterocycles. The van der Waals surface area contributed by atoms with Crippen molar-refractivity contribution in [2.45, 2.75) is 143 Å². The van der Waals surface area contributed by atoms with Gasteiger partial charge in [0, 0.05) is 72.2 Å². The van der Waals surface area contributed by atoms with Crippen molar-refractivity contribution in [3.8, 4) is 17.3 Å². The van der Waals surface area contributed by atoms with Crippen LogP contribution in [-0.2, 0) is 53.6 Å². The van der Waals surface area contributed by atoms with Crippen LogP contribution in [0.3, 0.4) is 0 Å². The molecular formula is C70H75N4OPt-3. The number of benzene rings is 7. The number of hydrogen-bond acceptors (Lipinski definition) is 4. The quantitative estimate of drug-likeness (QED) is 0.135. The van der Waals surface area contributed by atoms with Gasteiger partial charge in [-0.2, -0.15) is 12.1 Å². The molecule has 0 bridgehead atoms. The molecule has 0 amide bonds. The van der Waals surface area contributed by atoms with Gasteiger partial charge in [0.05, 0.1) is 0 Å². The fraction of sp³-hybridized carbons (Fsp3) is 0.314. The van der Waals surface area contributed by atoms with Crippen molar-refractivity contribution >= 4 is 44.6 Å². The van der Waals surface area contributed by atoms with E-state index in [1.54, 1.807) is 0 Å². The van der Waals surface area contributed by atoms with Crippen molar-refractivity contribution in [3.05, 3.63) is 221 Å². The number of hydrogen-bond donors (Lipinski definition) is 0. The van der Waals surface area contributed by atoms with Crippen molar-refractivity contribution in [2.75, 3.05) is 9.80 Å². The van der Waals surface area contributed by atoms with E-state index in [0.29, 0.717) is 11.5 Å². The van der Waals surface area contributed by atoms with Gasteiger partial charge >= 0.3 is 0 Å². The van der Waals surface area contributed by atoms with E-state index in [4.69, 9.17) is 9.72 Å². The SMILES string of the molecule is CC(C)(C)c1cc(N2[CH-]N(c3[c-]c(Oc4[c-]c5c(cc4)c4cc(C(C)(C)C)ccc4n5-c4cc(C(C)(C)c5ccccc5)ccn4)ccc3)c3cc(C(C)(C)C)c(C(C)(C)C)cc32)cc(C(C)(C)c2ccccc2)c1.[Pt]. The third-order valence-electron chi connectivity index (χ3n) is 15.7. The van der Waals surface area contributed by atoms with Crippen LogP contribution >= 0.6 is 0 Å². The number of nitrogens with zero attached hydrogens (tertiary/aromatic N) is 4. The van der Waals surface area contributed by atoms with Gasteiger partial charge in [-0.05, 0) is 114 Å². The van der Waals surface area contributed by atoms with E-state index < -0.39 is 0 Å². The topological polar surface area (TPSA) is 33.5 Å². The van der Waals surface area contributed by atoms with E-state index in [2.05, 4.69) is 283 Å². The zero-order valence-corrected chi connectivity index (χ0v) is 49.9. The standard InChI is InChI=1S/C70H75N4O.Pt/c1-65(2,3)48-30-33-60-57(39-48)56-32-31-55(42-61(56)74(60)64-40-49(34-35-71-64)69(13,14)46-24-19-17-20-25-46)75-54-29-23-28-52(41-54)72-45-73(63-44-59(68(10,11)12)58(43-62(63)72)67(7,8)9)53-37-50(66(4,5)6)36-51(38-53)70(15,16)47-26-21-18-22-27-47;/h17-40,43-45H,1-16H3;/q-3;. The zero-order chi connectivity index (χ0) is 53.6. The molecule has 9 aromatic rings. The molecule has 0 atom stereocenters. The Hall–Kier alpha value is -6.42. The van der Waals surface area contributed by atoms with Gasteiger partial charge in [0.25, 0.3) is 0 Å². The molecule has 7 aromatic carbocycles. The molecule has 0 fully saturated rings. The fourth-order valence-electron chi connectivity index (χ4n) is 10.8. The van der Waals surface area contributed by atoms with Crippen LogP contribution in [0, 0.1) is 18.8 Å². The Labute approximate surface area is 468 Å². The van der Waals surface area contributed by atoms with Crippen LogP contribution in [0.15, 0.2) is 158 Å². The van der Waals surface area contributed by atoms with E-state index in [0.717, 1.165) is 50.4 Å². The molecule has 76 heavy (non-hydrogen) atoms. The molecule has 1 aliphatic heterocycles. The third-order valence-corrected chi connectivity index (χ3v) is 15.7. The molecule has 394 valence electrons. The Morgan fingerprint density at radius 1 is 0.434 bits per heavy atom. The van der Waals surface area contributed by atoms with Gasteiger partial charge < -0.3 is 19.1 Å². The van der Waals surface area contributed by atoms with Crippen LogP contribution in [0.2, 0.25) is 0 Å². The number of rotatable bonds is 9. The summed E-state index contributed by atoms with van der Waals surface area (Å²) >= 11 is 0. The Morgan fingerprint density at radius 3 is 1.59 bits per heavy atom. The molecular weight excluding hydrogens is 1110 g/mol. The van der Waals surface area contributed by atoms with Gasteiger partial charge in [0.2, 0.25) is 0 Å². The van der Waals surface area contributed by atoms with Crippen LogP contribution in [-0.4, -0.2) is 9.55 Å². The molecule has 0 N–H and O–H groups in total. The van der Waals surface area contributed by atoms with E-state index in [-0.39, 0.29) is 53.6 Å². The molecule has 0 aliphatic carbocycles. The summed E-state index contributed by atoms with van der Waals surface area (Å²) < 4.78 is 9.13. The van der Waals surface area contributed by atoms with Gasteiger partial charge in [-0.3, -0.25) is 0 Å². The third kappa shape index (κ3) is 10.2. The molecule has 5 nitrogen and oxygen atoms in total. The van der Waals surface area contributed by atoms with E-state index in [9.17, 15) is 0 Å². The number of ether oxygens (including phenoxy) is 1. The largest absolute Gasteiger partial charge is 0.509 e. The second-order valence-corrected chi connectivity index (χ2v) is 26.0. The number of fused-ring (bicyclic) bond motifs is 4. The summed E-state index contributed by atoms with van der Waals surface area (Å²) in [6.45, 7) is 39.2. The second-order valence-electron chi connectivity index (χ2n) is 26.0. The van der Waals surface area contributed by atoms with Crippen molar-refractivity contribution in [3.63, 3.8) is 0 Å². The zero-order valence-electron chi connectivity index (χ0n) is 47.6. The second kappa shape index (κ2) is 19.5. The molecule has 0 spiro atoms. The Kier molecular flexibility index (Phi) is 14.0. The number of pyridine rings is 1. The Balaban J connectivity index is 0.00000706. The summed E-state index contributed by atoms with van der Waals surface area (Å²) in [6, 6.07) is 62.8. The molecule has 0 unspecified atom stereocenters. The minimum atomic E-state index is -0.248. The van der Waals surface area contributed by atoms with Crippen LogP contribution < -0.4 is 14.5 Å². The maximum atomic E-state index is 6.88. The van der Waals surface area contributed by atoms with Gasteiger partial charge in [-0.1, -0.05) is 195 Å². The molecule has 10 rings (SSSR count). The predicted octanol–water partition coefficient (Wildman–Crippen LogP) is 18.8. The summed E-state index contributed by atoms with van der Waals surface area (Å²) in [5.74, 6) is 2.03. The van der Waals surface area contributed by atoms with Crippen molar-refractivity contribution in [1.29, 1.82) is 0 Å². The average molecular weight is 1180 g/mol. The Morgan fingerprint density at radius 2 is 1.00 bits per heavy atom. The summed E-state index contributed by atoms with van der Waals surface area (Å²) in [4.78, 5) is 9.74. The first-order chi connectivity index (χ1) is 35.2. The van der Waals surface area contributed by atoms with Gasteiger partial charge in [-0.25, -0.2) is 4.98 Å². The van der Waals surface area contributed by atoms with Gasteiger partial charge in [0.15, 0.2) is 0 Å². The first kappa shape index (κ1) is 54.4. The minimum Gasteiger partial charge on any atom is -0.509 e. The predicted molar refractivity (Wildman–Crippen MR) is 316 cm³/mol.